The number of hydrogen-bond acceptors (Lipinski definition) is 5. The van der Waals surface area contributed by atoms with Crippen LogP contribution in [-0.4, -0.2) is 47.0 Å². The van der Waals surface area contributed by atoms with E-state index in [1.165, 1.54) is 0 Å². The van der Waals surface area contributed by atoms with E-state index < -0.39 is 15.1 Å². The third-order valence-corrected chi connectivity index (χ3v) is 3.70. The van der Waals surface area contributed by atoms with Gasteiger partial charge >= 0.3 is 29.6 Å². The second-order valence-corrected chi connectivity index (χ2v) is 5.38. The van der Waals surface area contributed by atoms with E-state index in [-0.39, 0.29) is 48.6 Å². The summed E-state index contributed by atoms with van der Waals surface area (Å²) in [5, 5.41) is 9.50. The Morgan fingerprint density at radius 3 is 2.21 bits per heavy atom. The minimum atomic E-state index is -4.60. The molecule has 1 unspecified atom stereocenters. The van der Waals surface area contributed by atoms with Gasteiger partial charge in [-0.05, 0) is 13.8 Å². The molecule has 1 N–H and O–H groups in total. The molecule has 14 heavy (non-hydrogen) atoms. The van der Waals surface area contributed by atoms with Crippen LogP contribution in [0, 0.1) is 0 Å². The third kappa shape index (κ3) is 2.91. The quantitative estimate of drug-likeness (QED) is 0.391. The van der Waals surface area contributed by atoms with Crippen molar-refractivity contribution < 1.29 is 47.6 Å². The zero-order chi connectivity index (χ0) is 10.3. The average molecular weight is 231 g/mol. The number of rotatable bonds is 2. The molecule has 0 saturated carbocycles. The summed E-state index contributed by atoms with van der Waals surface area (Å²) >= 11 is 0. The van der Waals surface area contributed by atoms with Crippen LogP contribution in [0.25, 0.3) is 0 Å². The summed E-state index contributed by atoms with van der Waals surface area (Å²) < 4.78 is 32.1. The maximum atomic E-state index is 10.7. The van der Waals surface area contributed by atoms with Crippen molar-refractivity contribution in [2.24, 2.45) is 0 Å². The maximum Gasteiger partial charge on any atom is 1.00 e. The Hall–Kier alpha value is 0.830. The normalized spacial score (nSPS) is 29.2. The molecule has 0 aliphatic carbocycles. The van der Waals surface area contributed by atoms with Crippen LogP contribution >= 0.6 is 0 Å². The fourth-order valence-electron chi connectivity index (χ4n) is 1.44. The first-order valence-electron chi connectivity index (χ1n) is 4.18. The van der Waals surface area contributed by atoms with Gasteiger partial charge in [0.05, 0.1) is 0 Å². The Morgan fingerprint density at radius 2 is 2.00 bits per heavy atom. The van der Waals surface area contributed by atoms with Gasteiger partial charge in [-0.1, -0.05) is 0 Å². The molecule has 0 spiro atoms. The van der Waals surface area contributed by atoms with Crippen LogP contribution in [0.2, 0.25) is 0 Å². The standard InChI is InChI=1S/C7H15NO4S.Na/c1-6(2)8-4-3-7(9,5-8)13(10,11)12;/h6,9H,3-5H2,1-2H3,(H,10,11,12);/q;+1/p-1. The van der Waals surface area contributed by atoms with Crippen molar-refractivity contribution in [3.05, 3.63) is 0 Å². The molecular weight excluding hydrogens is 217 g/mol. The van der Waals surface area contributed by atoms with Crippen LogP contribution in [0.1, 0.15) is 20.3 Å². The second-order valence-electron chi connectivity index (χ2n) is 3.71. The molecule has 1 heterocycles. The first kappa shape index (κ1) is 14.8. The summed E-state index contributed by atoms with van der Waals surface area (Å²) in [5.41, 5.74) is 0. The predicted molar refractivity (Wildman–Crippen MR) is 46.0 cm³/mol. The molecule has 1 fully saturated rings. The van der Waals surface area contributed by atoms with Crippen molar-refractivity contribution >= 4 is 10.1 Å². The Morgan fingerprint density at radius 1 is 1.50 bits per heavy atom. The van der Waals surface area contributed by atoms with Crippen LogP contribution in [0.5, 0.6) is 0 Å². The number of aliphatic hydroxyl groups is 1. The summed E-state index contributed by atoms with van der Waals surface area (Å²) in [6, 6.07) is 0.149. The molecule has 0 aromatic carbocycles. The van der Waals surface area contributed by atoms with E-state index in [1.54, 1.807) is 4.90 Å². The Bertz CT molecular complexity index is 292. The number of likely N-dealkylation sites (tertiary alicyclic amines) is 1. The van der Waals surface area contributed by atoms with E-state index in [4.69, 9.17) is 0 Å². The molecule has 0 aromatic rings. The van der Waals surface area contributed by atoms with Crippen LogP contribution in [0.4, 0.5) is 0 Å². The molecule has 1 aliphatic rings. The molecule has 1 atom stereocenters. The van der Waals surface area contributed by atoms with Gasteiger partial charge in [0.1, 0.15) is 10.1 Å². The monoisotopic (exact) mass is 231 g/mol. The first-order valence-corrected chi connectivity index (χ1v) is 5.59. The summed E-state index contributed by atoms with van der Waals surface area (Å²) in [4.78, 5) is -0.299. The van der Waals surface area contributed by atoms with Crippen LogP contribution < -0.4 is 29.6 Å². The van der Waals surface area contributed by atoms with Crippen molar-refractivity contribution in [2.75, 3.05) is 13.1 Å². The number of β-amino-alcohol motifs (C(OH)–C–C–N with tert-alkyl or cyclic N) is 1. The minimum Gasteiger partial charge on any atom is -0.746 e. The van der Waals surface area contributed by atoms with Crippen LogP contribution in [0.15, 0.2) is 0 Å². The topological polar surface area (TPSA) is 80.7 Å². The van der Waals surface area contributed by atoms with Gasteiger partial charge in [0.2, 0.25) is 0 Å². The predicted octanol–water partition coefficient (Wildman–Crippen LogP) is -3.66. The molecule has 1 aliphatic heterocycles. The van der Waals surface area contributed by atoms with E-state index in [0.717, 1.165) is 0 Å². The molecule has 1 rings (SSSR count). The van der Waals surface area contributed by atoms with Gasteiger partial charge in [-0.25, -0.2) is 8.42 Å². The van der Waals surface area contributed by atoms with Gasteiger partial charge in [-0.2, -0.15) is 0 Å². The number of hydrogen-bond donors (Lipinski definition) is 1. The molecule has 0 bridgehead atoms. The van der Waals surface area contributed by atoms with Crippen molar-refractivity contribution in [3.8, 4) is 0 Å². The van der Waals surface area contributed by atoms with Gasteiger partial charge in [0.25, 0.3) is 0 Å². The Labute approximate surface area is 107 Å². The molecule has 0 radical (unpaired) electrons. The summed E-state index contributed by atoms with van der Waals surface area (Å²) in [6.07, 6.45) is 0.0109. The average Bonchev–Trinajstić information content (AvgIpc) is 2.31. The number of nitrogens with zero attached hydrogens (tertiary/aromatic N) is 1. The zero-order valence-corrected chi connectivity index (χ0v) is 11.5. The van der Waals surface area contributed by atoms with Gasteiger partial charge in [0, 0.05) is 25.6 Å². The van der Waals surface area contributed by atoms with Gasteiger partial charge < -0.3 is 9.66 Å². The van der Waals surface area contributed by atoms with Gasteiger partial charge in [-0.15, -0.1) is 0 Å². The SMILES string of the molecule is CC(C)N1CCC(O)(S(=O)(=O)[O-])C1.[Na+]. The van der Waals surface area contributed by atoms with E-state index in [9.17, 15) is 18.1 Å². The smallest absolute Gasteiger partial charge is 0.746 e. The molecule has 5 nitrogen and oxygen atoms in total. The van der Waals surface area contributed by atoms with Crippen LogP contribution in [-0.2, 0) is 10.1 Å². The summed E-state index contributed by atoms with van der Waals surface area (Å²) in [7, 11) is -4.60. The molecule has 7 heteroatoms. The summed E-state index contributed by atoms with van der Waals surface area (Å²) in [6.45, 7) is 4.17. The largest absolute Gasteiger partial charge is 1.00 e. The molecule has 78 valence electrons. The van der Waals surface area contributed by atoms with Crippen molar-refractivity contribution in [1.29, 1.82) is 0 Å². The zero-order valence-electron chi connectivity index (χ0n) is 8.73. The first-order chi connectivity index (χ1) is 5.76. The Kier molecular flexibility index (Phi) is 5.06. The molecule has 1 saturated heterocycles. The second kappa shape index (κ2) is 4.78. The van der Waals surface area contributed by atoms with E-state index in [0.29, 0.717) is 6.54 Å². The van der Waals surface area contributed by atoms with Crippen molar-refractivity contribution in [2.45, 2.75) is 31.2 Å². The van der Waals surface area contributed by atoms with Crippen molar-refractivity contribution in [3.63, 3.8) is 0 Å². The van der Waals surface area contributed by atoms with E-state index in [2.05, 4.69) is 0 Å². The maximum absolute atomic E-state index is 10.7. The van der Waals surface area contributed by atoms with E-state index in [1.807, 2.05) is 13.8 Å². The molecule has 0 aromatic heterocycles. The van der Waals surface area contributed by atoms with Gasteiger partial charge in [-0.3, -0.25) is 4.90 Å². The van der Waals surface area contributed by atoms with Gasteiger partial charge in [0.15, 0.2) is 4.93 Å². The summed E-state index contributed by atoms with van der Waals surface area (Å²) in [5.74, 6) is 0. The fraction of sp³-hybridized carbons (Fsp3) is 1.00. The third-order valence-electron chi connectivity index (χ3n) is 2.44. The van der Waals surface area contributed by atoms with Crippen molar-refractivity contribution in [1.82, 2.24) is 4.90 Å². The Balaban J connectivity index is 0.00000169. The fourth-order valence-corrected chi connectivity index (χ4v) is 2.10. The molecular formula is C7H14NNaO4S. The van der Waals surface area contributed by atoms with E-state index >= 15 is 0 Å². The van der Waals surface area contributed by atoms with Crippen LogP contribution in [0.3, 0.4) is 0 Å². The minimum absolute atomic E-state index is 0. The molecule has 0 amide bonds.